The fourth-order valence-corrected chi connectivity index (χ4v) is 3.53. The standard InChI is InChI=1S/C19H23N3O4/c1-11-7-14(19(23)21-16-10-24-9-15(16)20)12(2)22(11)13-3-4-17-18(8-13)26-6-5-25-17/h3-4,7-8,15-16H,5-6,9-10,20H2,1-2H3,(H,21,23)/t15-,16+/m0/s1. The molecular weight excluding hydrogens is 334 g/mol. The van der Waals surface area contributed by atoms with Gasteiger partial charge in [0, 0.05) is 23.1 Å². The summed E-state index contributed by atoms with van der Waals surface area (Å²) in [5.74, 6) is 1.34. The third-order valence-corrected chi connectivity index (χ3v) is 4.90. The van der Waals surface area contributed by atoms with Crippen molar-refractivity contribution in [2.24, 2.45) is 5.73 Å². The zero-order valence-corrected chi connectivity index (χ0v) is 15.0. The Morgan fingerprint density at radius 3 is 2.65 bits per heavy atom. The molecule has 0 spiro atoms. The summed E-state index contributed by atoms with van der Waals surface area (Å²) < 4.78 is 18.6. The average molecular weight is 357 g/mol. The van der Waals surface area contributed by atoms with Gasteiger partial charge in [0.1, 0.15) is 13.2 Å². The average Bonchev–Trinajstić information content (AvgIpc) is 3.17. The van der Waals surface area contributed by atoms with Gasteiger partial charge in [-0.1, -0.05) is 0 Å². The molecule has 2 aliphatic rings. The summed E-state index contributed by atoms with van der Waals surface area (Å²) in [6.07, 6.45) is 0. The largest absolute Gasteiger partial charge is 0.486 e. The first-order valence-electron chi connectivity index (χ1n) is 8.78. The van der Waals surface area contributed by atoms with Crippen molar-refractivity contribution in [3.8, 4) is 17.2 Å². The number of ether oxygens (including phenoxy) is 3. The maximum absolute atomic E-state index is 12.7. The molecule has 0 unspecified atom stereocenters. The Bertz CT molecular complexity index is 846. The van der Waals surface area contributed by atoms with Crippen LogP contribution in [0.2, 0.25) is 0 Å². The van der Waals surface area contributed by atoms with Gasteiger partial charge in [-0.2, -0.15) is 0 Å². The molecule has 3 heterocycles. The number of hydrogen-bond acceptors (Lipinski definition) is 5. The number of carbonyl (C=O) groups excluding carboxylic acids is 1. The quantitative estimate of drug-likeness (QED) is 0.865. The summed E-state index contributed by atoms with van der Waals surface area (Å²) in [5, 5.41) is 2.98. The monoisotopic (exact) mass is 357 g/mol. The zero-order chi connectivity index (χ0) is 18.3. The topological polar surface area (TPSA) is 87.7 Å². The highest BCUT2D eigenvalue weighted by molar-refractivity contribution is 5.96. The lowest BCUT2D eigenvalue weighted by molar-refractivity contribution is 0.0927. The smallest absolute Gasteiger partial charge is 0.253 e. The summed E-state index contributed by atoms with van der Waals surface area (Å²) in [7, 11) is 0. The van der Waals surface area contributed by atoms with Gasteiger partial charge < -0.3 is 29.8 Å². The highest BCUT2D eigenvalue weighted by Gasteiger charge is 2.28. The maximum Gasteiger partial charge on any atom is 0.253 e. The zero-order valence-electron chi connectivity index (χ0n) is 15.0. The Balaban J connectivity index is 1.63. The predicted molar refractivity (Wildman–Crippen MR) is 96.3 cm³/mol. The second-order valence-corrected chi connectivity index (χ2v) is 6.73. The van der Waals surface area contributed by atoms with Gasteiger partial charge >= 0.3 is 0 Å². The van der Waals surface area contributed by atoms with Crippen molar-refractivity contribution in [2.45, 2.75) is 25.9 Å². The summed E-state index contributed by atoms with van der Waals surface area (Å²) in [6, 6.07) is 7.38. The molecular formula is C19H23N3O4. The summed E-state index contributed by atoms with van der Waals surface area (Å²) >= 11 is 0. The van der Waals surface area contributed by atoms with Crippen molar-refractivity contribution in [3.05, 3.63) is 41.2 Å². The molecule has 1 fully saturated rings. The molecule has 2 aliphatic heterocycles. The van der Waals surface area contributed by atoms with E-state index in [9.17, 15) is 4.79 Å². The summed E-state index contributed by atoms with van der Waals surface area (Å²) in [5.41, 5.74) is 9.37. The van der Waals surface area contributed by atoms with Crippen LogP contribution in [-0.2, 0) is 4.74 Å². The highest BCUT2D eigenvalue weighted by atomic mass is 16.6. The molecule has 0 aliphatic carbocycles. The van der Waals surface area contributed by atoms with Gasteiger partial charge in [0.25, 0.3) is 5.91 Å². The van der Waals surface area contributed by atoms with Crippen LogP contribution in [-0.4, -0.2) is 49.0 Å². The van der Waals surface area contributed by atoms with Crippen LogP contribution < -0.4 is 20.5 Å². The number of nitrogens with one attached hydrogen (secondary N) is 1. The minimum Gasteiger partial charge on any atom is -0.486 e. The van der Waals surface area contributed by atoms with E-state index in [2.05, 4.69) is 5.32 Å². The van der Waals surface area contributed by atoms with E-state index in [0.29, 0.717) is 32.0 Å². The number of benzene rings is 1. The van der Waals surface area contributed by atoms with Crippen molar-refractivity contribution < 1.29 is 19.0 Å². The van der Waals surface area contributed by atoms with E-state index < -0.39 is 0 Å². The Hall–Kier alpha value is -2.51. The first kappa shape index (κ1) is 16.9. The molecule has 1 amide bonds. The van der Waals surface area contributed by atoms with Crippen LogP contribution in [0.1, 0.15) is 21.7 Å². The fraction of sp³-hybridized carbons (Fsp3) is 0.421. The van der Waals surface area contributed by atoms with E-state index >= 15 is 0 Å². The van der Waals surface area contributed by atoms with Gasteiger partial charge in [0.05, 0.1) is 30.9 Å². The molecule has 2 atom stereocenters. The second kappa shape index (κ2) is 6.66. The lowest BCUT2D eigenvalue weighted by Crippen LogP contribution is -2.46. The van der Waals surface area contributed by atoms with Crippen molar-refractivity contribution in [3.63, 3.8) is 0 Å². The van der Waals surface area contributed by atoms with Crippen LogP contribution in [0.5, 0.6) is 11.5 Å². The minimum absolute atomic E-state index is 0.132. The van der Waals surface area contributed by atoms with E-state index in [1.54, 1.807) is 0 Å². The van der Waals surface area contributed by atoms with Crippen molar-refractivity contribution in [1.82, 2.24) is 9.88 Å². The van der Waals surface area contributed by atoms with Gasteiger partial charge in [-0.05, 0) is 32.0 Å². The molecule has 7 heteroatoms. The molecule has 0 saturated carbocycles. The van der Waals surface area contributed by atoms with E-state index in [1.807, 2.05) is 42.7 Å². The lowest BCUT2D eigenvalue weighted by atomic mass is 10.1. The third-order valence-electron chi connectivity index (χ3n) is 4.90. The molecule has 26 heavy (non-hydrogen) atoms. The number of aromatic nitrogens is 1. The molecule has 7 nitrogen and oxygen atoms in total. The molecule has 1 saturated heterocycles. The van der Waals surface area contributed by atoms with Gasteiger partial charge in [0.15, 0.2) is 11.5 Å². The SMILES string of the molecule is Cc1cc(C(=O)N[C@@H]2COC[C@@H]2N)c(C)n1-c1ccc2c(c1)OCCO2. The molecule has 2 aromatic rings. The van der Waals surface area contributed by atoms with Crippen LogP contribution in [0, 0.1) is 13.8 Å². The van der Waals surface area contributed by atoms with E-state index in [1.165, 1.54) is 0 Å². The second-order valence-electron chi connectivity index (χ2n) is 6.73. The highest BCUT2D eigenvalue weighted by Crippen LogP contribution is 2.33. The van der Waals surface area contributed by atoms with Crippen molar-refractivity contribution in [2.75, 3.05) is 26.4 Å². The molecule has 0 radical (unpaired) electrons. The van der Waals surface area contributed by atoms with Gasteiger partial charge in [0.2, 0.25) is 0 Å². The number of hydrogen-bond donors (Lipinski definition) is 2. The molecule has 138 valence electrons. The first-order valence-corrected chi connectivity index (χ1v) is 8.78. The van der Waals surface area contributed by atoms with Crippen molar-refractivity contribution >= 4 is 5.91 Å². The summed E-state index contributed by atoms with van der Waals surface area (Å²) in [4.78, 5) is 12.7. The Labute approximate surface area is 152 Å². The predicted octanol–water partition coefficient (Wildman–Crippen LogP) is 1.32. The van der Waals surface area contributed by atoms with Crippen LogP contribution in [0.4, 0.5) is 0 Å². The maximum atomic E-state index is 12.7. The Morgan fingerprint density at radius 2 is 1.92 bits per heavy atom. The molecule has 1 aromatic heterocycles. The number of amides is 1. The molecule has 0 bridgehead atoms. The number of aryl methyl sites for hydroxylation is 1. The molecule has 1 aromatic carbocycles. The lowest BCUT2D eigenvalue weighted by Gasteiger charge is -2.20. The molecule has 4 rings (SSSR count). The van der Waals surface area contributed by atoms with Gasteiger partial charge in [-0.3, -0.25) is 4.79 Å². The normalized spacial score (nSPS) is 21.7. The van der Waals surface area contributed by atoms with E-state index in [-0.39, 0.29) is 18.0 Å². The van der Waals surface area contributed by atoms with E-state index in [0.717, 1.165) is 28.6 Å². The van der Waals surface area contributed by atoms with Crippen LogP contribution in [0.3, 0.4) is 0 Å². The number of rotatable bonds is 3. The van der Waals surface area contributed by atoms with Crippen LogP contribution in [0.25, 0.3) is 5.69 Å². The number of fused-ring (bicyclic) bond motifs is 1. The van der Waals surface area contributed by atoms with Crippen molar-refractivity contribution in [1.29, 1.82) is 0 Å². The van der Waals surface area contributed by atoms with E-state index in [4.69, 9.17) is 19.9 Å². The molecule has 3 N–H and O–H groups in total. The minimum atomic E-state index is -0.166. The fourth-order valence-electron chi connectivity index (χ4n) is 3.53. The van der Waals surface area contributed by atoms with Crippen LogP contribution >= 0.6 is 0 Å². The van der Waals surface area contributed by atoms with Gasteiger partial charge in [-0.15, -0.1) is 0 Å². The number of nitrogens with zero attached hydrogens (tertiary/aromatic N) is 1. The summed E-state index contributed by atoms with van der Waals surface area (Å²) in [6.45, 7) is 5.94. The first-order chi connectivity index (χ1) is 12.5. The Kier molecular flexibility index (Phi) is 4.34. The Morgan fingerprint density at radius 1 is 1.15 bits per heavy atom. The third kappa shape index (κ3) is 2.93. The van der Waals surface area contributed by atoms with Crippen LogP contribution in [0.15, 0.2) is 24.3 Å². The van der Waals surface area contributed by atoms with Gasteiger partial charge in [-0.25, -0.2) is 0 Å². The number of nitrogens with two attached hydrogens (primary N) is 1. The number of carbonyl (C=O) groups is 1.